The Labute approximate surface area is 177 Å². The third kappa shape index (κ3) is 2.69. The van der Waals surface area contributed by atoms with Crippen molar-refractivity contribution in [2.24, 2.45) is 7.05 Å². The van der Waals surface area contributed by atoms with Gasteiger partial charge in [-0.1, -0.05) is 6.92 Å². The minimum atomic E-state index is -0.246. The van der Waals surface area contributed by atoms with Crippen LogP contribution in [0, 0.1) is 5.82 Å². The summed E-state index contributed by atoms with van der Waals surface area (Å²) in [5.41, 5.74) is 5.07. The predicted molar refractivity (Wildman–Crippen MR) is 112 cm³/mol. The number of anilines is 1. The van der Waals surface area contributed by atoms with E-state index in [0.29, 0.717) is 42.5 Å². The number of aryl methyl sites for hydroxylation is 2. The first-order chi connectivity index (χ1) is 15.1. The normalized spacial score (nSPS) is 17.1. The van der Waals surface area contributed by atoms with Gasteiger partial charge in [-0.15, -0.1) is 10.2 Å². The van der Waals surface area contributed by atoms with E-state index in [1.54, 1.807) is 17.1 Å². The molecule has 0 saturated carbocycles. The van der Waals surface area contributed by atoms with E-state index in [1.807, 2.05) is 23.7 Å². The zero-order valence-corrected chi connectivity index (χ0v) is 17.2. The van der Waals surface area contributed by atoms with E-state index < -0.39 is 0 Å². The molecule has 0 fully saturated rings. The first-order valence-corrected chi connectivity index (χ1v) is 10.3. The van der Waals surface area contributed by atoms with E-state index in [0.717, 1.165) is 34.6 Å². The van der Waals surface area contributed by atoms with Gasteiger partial charge < -0.3 is 14.8 Å². The lowest BCUT2D eigenvalue weighted by atomic mass is 9.96. The Morgan fingerprint density at radius 1 is 1.19 bits per heavy atom. The SMILES string of the molecule is CCc1nn(C)cc1-c1cc2c(n3cnnc13)NCc1c(F)ccc3c1[C@H](CO3)CO2. The summed E-state index contributed by atoms with van der Waals surface area (Å²) in [6.45, 7) is 3.25. The van der Waals surface area contributed by atoms with Gasteiger partial charge in [0.05, 0.1) is 24.8 Å². The van der Waals surface area contributed by atoms with Gasteiger partial charge >= 0.3 is 0 Å². The van der Waals surface area contributed by atoms with Crippen molar-refractivity contribution >= 4 is 11.5 Å². The predicted octanol–water partition coefficient (Wildman–Crippen LogP) is 3.31. The van der Waals surface area contributed by atoms with Crippen molar-refractivity contribution in [3.63, 3.8) is 0 Å². The van der Waals surface area contributed by atoms with E-state index in [4.69, 9.17) is 9.47 Å². The smallest absolute Gasteiger partial charge is 0.170 e. The number of benzene rings is 1. The van der Waals surface area contributed by atoms with Gasteiger partial charge in [0, 0.05) is 42.0 Å². The number of aromatic nitrogens is 5. The minimum Gasteiger partial charge on any atom is -0.493 e. The standard InChI is InChI=1S/C22H21FN6O2/c1-3-17-15(8-28(2)27-17)13-6-19-22(29-11-25-26-21(13)29)24-7-14-16(23)4-5-18-20(14)12(9-30-18)10-31-19/h4-6,8,11-12,24H,3,7,9-10H2,1-2H3/t12-/m1/s1. The number of rotatable bonds is 2. The van der Waals surface area contributed by atoms with Crippen molar-refractivity contribution in [1.29, 1.82) is 0 Å². The first kappa shape index (κ1) is 18.2. The summed E-state index contributed by atoms with van der Waals surface area (Å²) in [6, 6.07) is 5.14. The second kappa shape index (κ2) is 6.69. The minimum absolute atomic E-state index is 0.0295. The summed E-state index contributed by atoms with van der Waals surface area (Å²) in [6.07, 6.45) is 4.43. The molecule has 5 heterocycles. The third-order valence-electron chi connectivity index (χ3n) is 6.05. The largest absolute Gasteiger partial charge is 0.493 e. The third-order valence-corrected chi connectivity index (χ3v) is 6.05. The van der Waals surface area contributed by atoms with Crippen LogP contribution >= 0.6 is 0 Å². The summed E-state index contributed by atoms with van der Waals surface area (Å²) in [5, 5.41) is 16.4. The zero-order valence-electron chi connectivity index (χ0n) is 17.2. The van der Waals surface area contributed by atoms with Crippen LogP contribution in [-0.4, -0.2) is 37.6 Å². The van der Waals surface area contributed by atoms with Gasteiger partial charge in [0.2, 0.25) is 0 Å². The number of fused-ring (bicyclic) bond motifs is 3. The second-order valence-corrected chi connectivity index (χ2v) is 7.92. The zero-order chi connectivity index (χ0) is 21.1. The molecule has 0 amide bonds. The van der Waals surface area contributed by atoms with Crippen molar-refractivity contribution < 1.29 is 13.9 Å². The Morgan fingerprint density at radius 2 is 2.03 bits per heavy atom. The molecule has 0 aliphatic carbocycles. The molecule has 1 aromatic carbocycles. The monoisotopic (exact) mass is 420 g/mol. The number of nitrogens with one attached hydrogen (secondary N) is 1. The highest BCUT2D eigenvalue weighted by molar-refractivity contribution is 5.82. The average molecular weight is 420 g/mol. The molecule has 1 atom stereocenters. The van der Waals surface area contributed by atoms with Crippen molar-refractivity contribution in [2.75, 3.05) is 18.5 Å². The molecule has 0 radical (unpaired) electrons. The lowest BCUT2D eigenvalue weighted by Gasteiger charge is -2.16. The van der Waals surface area contributed by atoms with E-state index in [9.17, 15) is 4.39 Å². The van der Waals surface area contributed by atoms with E-state index >= 15 is 0 Å². The van der Waals surface area contributed by atoms with Gasteiger partial charge in [0.15, 0.2) is 17.2 Å². The fraction of sp³-hybridized carbons (Fsp3) is 0.318. The number of halogens is 1. The molecule has 1 N–H and O–H groups in total. The summed E-state index contributed by atoms with van der Waals surface area (Å²) in [7, 11) is 1.91. The average Bonchev–Trinajstić information content (AvgIpc) is 3.49. The topological polar surface area (TPSA) is 78.5 Å². The molecule has 2 aliphatic heterocycles. The molecule has 0 saturated heterocycles. The second-order valence-electron chi connectivity index (χ2n) is 7.92. The van der Waals surface area contributed by atoms with E-state index in [1.165, 1.54) is 6.07 Å². The molecule has 0 bridgehead atoms. The maximum Gasteiger partial charge on any atom is 0.170 e. The number of nitrogens with zero attached hydrogens (tertiary/aromatic N) is 5. The molecule has 3 aromatic heterocycles. The van der Waals surface area contributed by atoms with Gasteiger partial charge in [-0.25, -0.2) is 4.39 Å². The Balaban J connectivity index is 1.53. The lowest BCUT2D eigenvalue weighted by Crippen LogP contribution is -2.13. The first-order valence-electron chi connectivity index (χ1n) is 10.3. The summed E-state index contributed by atoms with van der Waals surface area (Å²) in [5.74, 6) is 1.82. The summed E-state index contributed by atoms with van der Waals surface area (Å²) in [4.78, 5) is 0. The summed E-state index contributed by atoms with van der Waals surface area (Å²) < 4.78 is 30.5. The van der Waals surface area contributed by atoms with Gasteiger partial charge in [-0.05, 0) is 24.6 Å². The molecule has 4 aromatic rings. The highest BCUT2D eigenvalue weighted by Gasteiger charge is 2.31. The van der Waals surface area contributed by atoms with E-state index in [-0.39, 0.29) is 11.7 Å². The number of ether oxygens (including phenoxy) is 2. The molecule has 0 unspecified atom stereocenters. The highest BCUT2D eigenvalue weighted by Crippen LogP contribution is 2.42. The molecule has 9 heteroatoms. The van der Waals surface area contributed by atoms with Crippen LogP contribution in [0.1, 0.15) is 29.7 Å². The molecule has 2 aliphatic rings. The Morgan fingerprint density at radius 3 is 2.87 bits per heavy atom. The van der Waals surface area contributed by atoms with Crippen molar-refractivity contribution in [1.82, 2.24) is 24.4 Å². The summed E-state index contributed by atoms with van der Waals surface area (Å²) >= 11 is 0. The van der Waals surface area contributed by atoms with Gasteiger partial charge in [0.1, 0.15) is 17.9 Å². The molecule has 0 spiro atoms. The fourth-order valence-corrected chi connectivity index (χ4v) is 4.60. The van der Waals surface area contributed by atoms with Crippen LogP contribution < -0.4 is 14.8 Å². The van der Waals surface area contributed by atoms with E-state index in [2.05, 4.69) is 27.5 Å². The van der Waals surface area contributed by atoms with Crippen LogP contribution in [0.15, 0.2) is 30.7 Å². The highest BCUT2D eigenvalue weighted by atomic mass is 19.1. The quantitative estimate of drug-likeness (QED) is 0.536. The van der Waals surface area contributed by atoms with Crippen LogP contribution in [-0.2, 0) is 20.0 Å². The number of hydrogen-bond donors (Lipinski definition) is 1. The van der Waals surface area contributed by atoms with Gasteiger partial charge in [-0.3, -0.25) is 9.08 Å². The van der Waals surface area contributed by atoms with Crippen LogP contribution in [0.2, 0.25) is 0 Å². The molecule has 8 nitrogen and oxygen atoms in total. The van der Waals surface area contributed by atoms with Gasteiger partial charge in [-0.2, -0.15) is 5.10 Å². The van der Waals surface area contributed by atoms with Gasteiger partial charge in [0.25, 0.3) is 0 Å². The lowest BCUT2D eigenvalue weighted by molar-refractivity contribution is 0.249. The van der Waals surface area contributed by atoms with Crippen molar-refractivity contribution in [3.8, 4) is 22.6 Å². The molecule has 6 rings (SSSR count). The maximum absolute atomic E-state index is 14.7. The number of pyridine rings is 1. The van der Waals surface area contributed by atoms with Crippen molar-refractivity contribution in [2.45, 2.75) is 25.8 Å². The molecule has 31 heavy (non-hydrogen) atoms. The van der Waals surface area contributed by atoms with Crippen LogP contribution in [0.3, 0.4) is 0 Å². The van der Waals surface area contributed by atoms with Crippen LogP contribution in [0.5, 0.6) is 11.5 Å². The Kier molecular flexibility index (Phi) is 3.92. The number of hydrogen-bond acceptors (Lipinski definition) is 6. The Bertz CT molecular complexity index is 1330. The van der Waals surface area contributed by atoms with Crippen LogP contribution in [0.4, 0.5) is 10.2 Å². The molecular weight excluding hydrogens is 399 g/mol. The Hall–Kier alpha value is -3.62. The molecule has 158 valence electrons. The van der Waals surface area contributed by atoms with Crippen LogP contribution in [0.25, 0.3) is 16.8 Å². The fourth-order valence-electron chi connectivity index (χ4n) is 4.60. The molecular formula is C22H21FN6O2. The van der Waals surface area contributed by atoms with Crippen molar-refractivity contribution in [3.05, 3.63) is 53.4 Å². The maximum atomic E-state index is 14.7.